The number of nitrogens with zero attached hydrogens (tertiary/aromatic N) is 4. The molecule has 12 rings (SSSR count). The summed E-state index contributed by atoms with van der Waals surface area (Å²) in [4.78, 5) is 9.36. The van der Waals surface area contributed by atoms with Crippen LogP contribution in [0.1, 0.15) is 0 Å². The van der Waals surface area contributed by atoms with E-state index in [2.05, 4.69) is 311 Å². The lowest BCUT2D eigenvalue weighted by Gasteiger charge is -2.28. The Balaban J connectivity index is 0.912. The van der Waals surface area contributed by atoms with E-state index in [4.69, 9.17) is 0 Å². The predicted octanol–water partition coefficient (Wildman–Crippen LogP) is 19.0. The van der Waals surface area contributed by atoms with Crippen LogP contribution < -0.4 is 19.6 Å². The molecular formula is C66H48N4. The molecular weight excluding hydrogens is 849 g/mol. The van der Waals surface area contributed by atoms with Gasteiger partial charge in [-0.25, -0.2) is 0 Å². The number of benzene rings is 12. The highest BCUT2D eigenvalue weighted by atomic mass is 15.2. The highest BCUT2D eigenvalue weighted by molar-refractivity contribution is 5.98. The fourth-order valence-corrected chi connectivity index (χ4v) is 9.75. The lowest BCUT2D eigenvalue weighted by Crippen LogP contribution is -2.11. The third kappa shape index (κ3) is 8.36. The number of rotatable bonds is 12. The van der Waals surface area contributed by atoms with Crippen LogP contribution in [-0.4, -0.2) is 0 Å². The monoisotopic (exact) mass is 896 g/mol. The SMILES string of the molecule is c1ccc(N(c2ccccc2)c2ccc3cc(N(c4ccccc4)c4ccc5ccc(N(c6ccccc6)c6ccc7cc(N(c8ccccc8)c8ccccc8)ccc7c6)cc5c4)ccc3c2)cc1. The predicted molar refractivity (Wildman–Crippen MR) is 298 cm³/mol. The molecule has 0 radical (unpaired) electrons. The average Bonchev–Trinajstić information content (AvgIpc) is 3.43. The van der Waals surface area contributed by atoms with E-state index in [0.717, 1.165) is 73.6 Å². The van der Waals surface area contributed by atoms with E-state index in [1.807, 2.05) is 0 Å². The molecule has 0 atom stereocenters. The number of hydrogen-bond donors (Lipinski definition) is 0. The van der Waals surface area contributed by atoms with Crippen LogP contribution in [-0.2, 0) is 0 Å². The Morgan fingerprint density at radius 2 is 0.300 bits per heavy atom. The normalized spacial score (nSPS) is 11.1. The van der Waals surface area contributed by atoms with Crippen molar-refractivity contribution in [3.8, 4) is 0 Å². The fourth-order valence-electron chi connectivity index (χ4n) is 9.75. The van der Waals surface area contributed by atoms with Gasteiger partial charge in [0.2, 0.25) is 0 Å². The first-order chi connectivity index (χ1) is 34.7. The molecule has 4 heteroatoms. The maximum absolute atomic E-state index is 2.36. The van der Waals surface area contributed by atoms with Crippen LogP contribution in [0.5, 0.6) is 0 Å². The first-order valence-electron chi connectivity index (χ1n) is 23.8. The summed E-state index contributed by atoms with van der Waals surface area (Å²) in [5.41, 5.74) is 13.2. The van der Waals surface area contributed by atoms with Crippen molar-refractivity contribution in [2.75, 3.05) is 19.6 Å². The third-order valence-corrected chi connectivity index (χ3v) is 13.1. The van der Waals surface area contributed by atoms with Gasteiger partial charge in [0.1, 0.15) is 0 Å². The highest BCUT2D eigenvalue weighted by Crippen LogP contribution is 2.43. The lowest BCUT2D eigenvalue weighted by atomic mass is 10.0. The molecule has 332 valence electrons. The quantitative estimate of drug-likeness (QED) is 0.121. The average molecular weight is 897 g/mol. The van der Waals surface area contributed by atoms with Crippen molar-refractivity contribution in [3.05, 3.63) is 291 Å². The Bertz CT molecular complexity index is 3390. The van der Waals surface area contributed by atoms with Crippen molar-refractivity contribution in [2.45, 2.75) is 0 Å². The van der Waals surface area contributed by atoms with Crippen LogP contribution in [0.3, 0.4) is 0 Å². The molecule has 0 aliphatic rings. The zero-order chi connectivity index (χ0) is 46.6. The second kappa shape index (κ2) is 18.7. The second-order valence-corrected chi connectivity index (χ2v) is 17.5. The van der Waals surface area contributed by atoms with Crippen molar-refractivity contribution in [3.63, 3.8) is 0 Å². The van der Waals surface area contributed by atoms with Gasteiger partial charge in [0.15, 0.2) is 0 Å². The minimum atomic E-state index is 1.08. The van der Waals surface area contributed by atoms with Gasteiger partial charge in [0.25, 0.3) is 0 Å². The van der Waals surface area contributed by atoms with Gasteiger partial charge in [-0.15, -0.1) is 0 Å². The van der Waals surface area contributed by atoms with Gasteiger partial charge in [-0.3, -0.25) is 0 Å². The number of fused-ring (bicyclic) bond motifs is 3. The summed E-state index contributed by atoms with van der Waals surface area (Å²) < 4.78 is 0. The van der Waals surface area contributed by atoms with E-state index < -0.39 is 0 Å². The summed E-state index contributed by atoms with van der Waals surface area (Å²) in [6.07, 6.45) is 0. The maximum atomic E-state index is 2.36. The largest absolute Gasteiger partial charge is 0.310 e. The van der Waals surface area contributed by atoms with Crippen molar-refractivity contribution in [2.24, 2.45) is 0 Å². The molecule has 0 N–H and O–H groups in total. The Kier molecular flexibility index (Phi) is 11.2. The van der Waals surface area contributed by atoms with Crippen LogP contribution in [0.2, 0.25) is 0 Å². The molecule has 0 aliphatic carbocycles. The van der Waals surface area contributed by atoms with Gasteiger partial charge < -0.3 is 19.6 Å². The summed E-state index contributed by atoms with van der Waals surface area (Å²) in [5, 5.41) is 7.00. The lowest BCUT2D eigenvalue weighted by molar-refractivity contribution is 1.28. The van der Waals surface area contributed by atoms with Gasteiger partial charge >= 0.3 is 0 Å². The molecule has 0 unspecified atom stereocenters. The molecule has 0 aliphatic heterocycles. The van der Waals surface area contributed by atoms with Gasteiger partial charge in [-0.2, -0.15) is 0 Å². The zero-order valence-electron chi connectivity index (χ0n) is 38.5. The Morgan fingerprint density at radius 3 is 0.514 bits per heavy atom. The van der Waals surface area contributed by atoms with E-state index in [1.54, 1.807) is 0 Å². The molecule has 70 heavy (non-hydrogen) atoms. The minimum Gasteiger partial charge on any atom is -0.310 e. The summed E-state index contributed by atoms with van der Waals surface area (Å²) >= 11 is 0. The van der Waals surface area contributed by atoms with Crippen LogP contribution in [0.15, 0.2) is 291 Å². The summed E-state index contributed by atoms with van der Waals surface area (Å²) in [7, 11) is 0. The fraction of sp³-hybridized carbons (Fsp3) is 0. The second-order valence-electron chi connectivity index (χ2n) is 17.5. The first kappa shape index (κ1) is 42.0. The molecule has 0 fully saturated rings. The third-order valence-electron chi connectivity index (χ3n) is 13.1. The van der Waals surface area contributed by atoms with E-state index in [-0.39, 0.29) is 0 Å². The van der Waals surface area contributed by atoms with Gasteiger partial charge in [0, 0.05) is 68.2 Å². The van der Waals surface area contributed by atoms with Gasteiger partial charge in [0.05, 0.1) is 0 Å². The Morgan fingerprint density at radius 1 is 0.129 bits per heavy atom. The molecule has 12 aromatic rings. The van der Waals surface area contributed by atoms with E-state index in [9.17, 15) is 0 Å². The molecule has 0 saturated heterocycles. The molecule has 0 heterocycles. The van der Waals surface area contributed by atoms with Crippen molar-refractivity contribution >= 4 is 101 Å². The van der Waals surface area contributed by atoms with Gasteiger partial charge in [-0.1, -0.05) is 146 Å². The van der Waals surface area contributed by atoms with Gasteiger partial charge in [-0.05, 0) is 178 Å². The van der Waals surface area contributed by atoms with Crippen LogP contribution in [0, 0.1) is 0 Å². The smallest absolute Gasteiger partial charge is 0.0468 e. The molecule has 0 bridgehead atoms. The molecule has 12 aromatic carbocycles. The molecule has 0 aromatic heterocycles. The zero-order valence-corrected chi connectivity index (χ0v) is 38.5. The topological polar surface area (TPSA) is 13.0 Å². The van der Waals surface area contributed by atoms with E-state index in [1.165, 1.54) is 26.9 Å². The molecule has 4 nitrogen and oxygen atoms in total. The number of hydrogen-bond acceptors (Lipinski definition) is 4. The molecule has 0 spiro atoms. The Labute approximate surface area is 409 Å². The number of anilines is 12. The molecule has 0 saturated carbocycles. The summed E-state index contributed by atoms with van der Waals surface area (Å²) in [5.74, 6) is 0. The van der Waals surface area contributed by atoms with Crippen molar-refractivity contribution in [1.82, 2.24) is 0 Å². The minimum absolute atomic E-state index is 1.08. The molecule has 0 amide bonds. The van der Waals surface area contributed by atoms with Crippen molar-refractivity contribution in [1.29, 1.82) is 0 Å². The Hall–Kier alpha value is -9.38. The van der Waals surface area contributed by atoms with E-state index >= 15 is 0 Å². The van der Waals surface area contributed by atoms with E-state index in [0.29, 0.717) is 0 Å². The highest BCUT2D eigenvalue weighted by Gasteiger charge is 2.19. The van der Waals surface area contributed by atoms with Crippen molar-refractivity contribution < 1.29 is 0 Å². The maximum Gasteiger partial charge on any atom is 0.0468 e. The number of para-hydroxylation sites is 6. The standard InChI is InChI=1S/C66H48N4/c1-7-19-55(20-8-1)67(56-21-9-2-10-22-56)61-39-33-52-45-63(41-35-50(52)43-61)69(59-27-15-5-16-28-59)65-37-31-49-32-38-66(48-54(49)47-65)70(60-29-17-6-18-30-60)64-42-36-51-44-62(40-34-53(51)46-64)68(57-23-11-3-12-24-57)58-25-13-4-14-26-58/h1-48H. The summed E-state index contributed by atoms with van der Waals surface area (Å²) in [6, 6.07) is 104. The van der Waals surface area contributed by atoms with Crippen LogP contribution >= 0.6 is 0 Å². The first-order valence-corrected chi connectivity index (χ1v) is 23.8. The van der Waals surface area contributed by atoms with Crippen LogP contribution in [0.25, 0.3) is 32.3 Å². The van der Waals surface area contributed by atoms with Crippen LogP contribution in [0.4, 0.5) is 68.2 Å². The summed E-state index contributed by atoms with van der Waals surface area (Å²) in [6.45, 7) is 0.